The van der Waals surface area contributed by atoms with E-state index in [1.807, 2.05) is 18.3 Å². The number of fused-ring (bicyclic) bond motifs is 1. The maximum atomic E-state index is 12.7. The third-order valence-electron chi connectivity index (χ3n) is 5.63. The van der Waals surface area contributed by atoms with Crippen LogP contribution in [0.4, 0.5) is 10.5 Å². The van der Waals surface area contributed by atoms with Crippen LogP contribution in [-0.2, 0) is 19.5 Å². The molecule has 2 amide bonds. The van der Waals surface area contributed by atoms with E-state index in [0.29, 0.717) is 43.2 Å². The Morgan fingerprint density at radius 3 is 2.61 bits per heavy atom. The number of rotatable bonds is 5. The van der Waals surface area contributed by atoms with Gasteiger partial charge >= 0.3 is 6.09 Å². The van der Waals surface area contributed by atoms with Crippen LogP contribution >= 0.6 is 0 Å². The molecule has 2 heterocycles. The smallest absolute Gasteiger partial charge is 0.407 e. The van der Waals surface area contributed by atoms with E-state index in [9.17, 15) is 9.59 Å². The molecule has 1 aromatic heterocycles. The summed E-state index contributed by atoms with van der Waals surface area (Å²) in [7, 11) is 0. The summed E-state index contributed by atoms with van der Waals surface area (Å²) in [5, 5.41) is 16.4. The summed E-state index contributed by atoms with van der Waals surface area (Å²) in [4.78, 5) is 25.2. The molecule has 0 atom stereocenters. The Hall–Kier alpha value is -3.61. The number of aromatic nitrogens is 2. The molecule has 0 radical (unpaired) electrons. The highest BCUT2D eigenvalue weighted by Crippen LogP contribution is 2.21. The van der Waals surface area contributed by atoms with Crippen LogP contribution < -0.4 is 5.32 Å². The van der Waals surface area contributed by atoms with Crippen molar-refractivity contribution in [1.29, 1.82) is 0 Å². The van der Waals surface area contributed by atoms with Gasteiger partial charge in [-0.3, -0.25) is 9.48 Å². The second-order valence-electron chi connectivity index (χ2n) is 8.21. The van der Waals surface area contributed by atoms with E-state index in [2.05, 4.69) is 48.5 Å². The first-order valence-corrected chi connectivity index (χ1v) is 10.4. The molecule has 7 nitrogen and oxygen atoms in total. The van der Waals surface area contributed by atoms with Crippen molar-refractivity contribution in [3.8, 4) is 0 Å². The number of carbonyl (C=O) groups is 2. The summed E-state index contributed by atoms with van der Waals surface area (Å²) in [6, 6.07) is 13.9. The fraction of sp³-hybridized carbons (Fsp3) is 0.292. The summed E-state index contributed by atoms with van der Waals surface area (Å²) >= 11 is 0. The van der Waals surface area contributed by atoms with Crippen LogP contribution in [0, 0.1) is 0 Å². The highest BCUT2D eigenvalue weighted by Gasteiger charge is 2.21. The quantitative estimate of drug-likeness (QED) is 0.645. The van der Waals surface area contributed by atoms with Crippen molar-refractivity contribution in [2.45, 2.75) is 39.3 Å². The number of amides is 2. The first kappa shape index (κ1) is 20.7. The van der Waals surface area contributed by atoms with Gasteiger partial charge in [0.15, 0.2) is 0 Å². The number of hydrogen-bond acceptors (Lipinski definition) is 3. The fourth-order valence-electron chi connectivity index (χ4n) is 3.77. The fourth-order valence-corrected chi connectivity index (χ4v) is 3.77. The summed E-state index contributed by atoms with van der Waals surface area (Å²) in [6.07, 6.45) is 3.15. The Labute approximate surface area is 181 Å². The van der Waals surface area contributed by atoms with E-state index < -0.39 is 6.09 Å². The molecule has 0 aliphatic carbocycles. The summed E-state index contributed by atoms with van der Waals surface area (Å²) in [5.74, 6) is 0.296. The highest BCUT2D eigenvalue weighted by molar-refractivity contribution is 6.04. The molecule has 31 heavy (non-hydrogen) atoms. The van der Waals surface area contributed by atoms with Crippen molar-refractivity contribution < 1.29 is 14.7 Å². The standard InChI is InChI=1S/C24H26N4O3/c1-16(2)18-5-3-17(4-6-18)13-28-15-22(12-25-28)26-23(29)20-7-8-21-14-27(24(30)31)10-9-19(21)11-20/h3-8,11-12,15-16H,9-10,13-14H2,1-2H3,(H,26,29)(H,30,31). The Morgan fingerprint density at radius 2 is 1.90 bits per heavy atom. The lowest BCUT2D eigenvalue weighted by Gasteiger charge is -2.26. The van der Waals surface area contributed by atoms with E-state index in [0.717, 1.165) is 16.7 Å². The normalized spacial score (nSPS) is 13.2. The third-order valence-corrected chi connectivity index (χ3v) is 5.63. The van der Waals surface area contributed by atoms with Gasteiger partial charge < -0.3 is 15.3 Å². The largest absolute Gasteiger partial charge is 0.465 e. The molecule has 0 saturated carbocycles. The van der Waals surface area contributed by atoms with Crippen LogP contribution in [0.15, 0.2) is 54.9 Å². The molecule has 160 valence electrons. The molecule has 4 rings (SSSR count). The lowest BCUT2D eigenvalue weighted by molar-refractivity contribution is 0.102. The van der Waals surface area contributed by atoms with Gasteiger partial charge in [-0.2, -0.15) is 5.10 Å². The molecular weight excluding hydrogens is 392 g/mol. The predicted octanol–water partition coefficient (Wildman–Crippen LogP) is 4.34. The van der Waals surface area contributed by atoms with Crippen LogP contribution in [0.1, 0.15) is 52.4 Å². The van der Waals surface area contributed by atoms with Gasteiger partial charge in [-0.1, -0.05) is 44.2 Å². The minimum atomic E-state index is -0.916. The molecule has 0 fully saturated rings. The zero-order valence-corrected chi connectivity index (χ0v) is 17.7. The molecule has 1 aliphatic heterocycles. The monoisotopic (exact) mass is 418 g/mol. The third kappa shape index (κ3) is 4.77. The zero-order chi connectivity index (χ0) is 22.0. The van der Waals surface area contributed by atoms with Crippen molar-refractivity contribution in [3.05, 3.63) is 82.7 Å². The number of hydrogen-bond donors (Lipinski definition) is 2. The van der Waals surface area contributed by atoms with Crippen LogP contribution in [0.3, 0.4) is 0 Å². The van der Waals surface area contributed by atoms with Gasteiger partial charge in [-0.05, 0) is 46.7 Å². The second kappa shape index (κ2) is 8.63. The zero-order valence-electron chi connectivity index (χ0n) is 17.7. The number of carbonyl (C=O) groups excluding carboxylic acids is 1. The van der Waals surface area contributed by atoms with E-state index in [-0.39, 0.29) is 5.91 Å². The molecule has 2 N–H and O–H groups in total. The van der Waals surface area contributed by atoms with E-state index in [1.54, 1.807) is 16.9 Å². The predicted molar refractivity (Wildman–Crippen MR) is 118 cm³/mol. The minimum absolute atomic E-state index is 0.204. The molecular formula is C24H26N4O3. The lowest BCUT2D eigenvalue weighted by atomic mass is 9.97. The van der Waals surface area contributed by atoms with E-state index >= 15 is 0 Å². The van der Waals surface area contributed by atoms with Crippen molar-refractivity contribution in [2.24, 2.45) is 0 Å². The van der Waals surface area contributed by atoms with Gasteiger partial charge in [0.1, 0.15) is 0 Å². The molecule has 0 spiro atoms. The molecule has 0 saturated heterocycles. The van der Waals surface area contributed by atoms with Gasteiger partial charge in [0.2, 0.25) is 0 Å². The summed E-state index contributed by atoms with van der Waals surface area (Å²) in [6.45, 7) is 5.78. The second-order valence-corrected chi connectivity index (χ2v) is 8.21. The van der Waals surface area contributed by atoms with Gasteiger partial charge in [0, 0.05) is 24.8 Å². The Balaban J connectivity index is 1.39. The summed E-state index contributed by atoms with van der Waals surface area (Å²) in [5.41, 5.74) is 5.61. The molecule has 0 bridgehead atoms. The lowest BCUT2D eigenvalue weighted by Crippen LogP contribution is -2.34. The molecule has 2 aromatic carbocycles. The number of nitrogens with one attached hydrogen (secondary N) is 1. The molecule has 1 aliphatic rings. The van der Waals surface area contributed by atoms with Gasteiger partial charge in [-0.15, -0.1) is 0 Å². The van der Waals surface area contributed by atoms with Crippen LogP contribution in [0.25, 0.3) is 0 Å². The number of anilines is 1. The first-order valence-electron chi connectivity index (χ1n) is 10.4. The topological polar surface area (TPSA) is 87.5 Å². The van der Waals surface area contributed by atoms with Gasteiger partial charge in [0.05, 0.1) is 18.4 Å². The van der Waals surface area contributed by atoms with Crippen molar-refractivity contribution in [1.82, 2.24) is 14.7 Å². The van der Waals surface area contributed by atoms with E-state index in [1.165, 1.54) is 10.5 Å². The van der Waals surface area contributed by atoms with Crippen LogP contribution in [0.5, 0.6) is 0 Å². The average molecular weight is 418 g/mol. The Morgan fingerprint density at radius 1 is 1.13 bits per heavy atom. The van der Waals surface area contributed by atoms with Crippen LogP contribution in [-0.4, -0.2) is 38.3 Å². The molecule has 3 aromatic rings. The highest BCUT2D eigenvalue weighted by atomic mass is 16.4. The minimum Gasteiger partial charge on any atom is -0.465 e. The maximum absolute atomic E-state index is 12.7. The van der Waals surface area contributed by atoms with Crippen molar-refractivity contribution in [3.63, 3.8) is 0 Å². The first-order chi connectivity index (χ1) is 14.9. The Kier molecular flexibility index (Phi) is 5.75. The molecule has 7 heteroatoms. The van der Waals surface area contributed by atoms with Crippen molar-refractivity contribution in [2.75, 3.05) is 11.9 Å². The Bertz CT molecular complexity index is 1100. The SMILES string of the molecule is CC(C)c1ccc(Cn2cc(NC(=O)c3ccc4c(c3)CCN(C(=O)O)C4)cn2)cc1. The number of carboxylic acid groups (broad SMARTS) is 1. The van der Waals surface area contributed by atoms with E-state index in [4.69, 9.17) is 5.11 Å². The number of nitrogens with zero attached hydrogens (tertiary/aromatic N) is 3. The number of benzene rings is 2. The molecule has 0 unspecified atom stereocenters. The van der Waals surface area contributed by atoms with Crippen LogP contribution in [0.2, 0.25) is 0 Å². The summed E-state index contributed by atoms with van der Waals surface area (Å²) < 4.78 is 1.80. The van der Waals surface area contributed by atoms with Crippen molar-refractivity contribution >= 4 is 17.7 Å². The van der Waals surface area contributed by atoms with Gasteiger partial charge in [0.25, 0.3) is 5.91 Å². The average Bonchev–Trinajstić information content (AvgIpc) is 3.19. The van der Waals surface area contributed by atoms with Gasteiger partial charge in [-0.25, -0.2) is 4.79 Å². The maximum Gasteiger partial charge on any atom is 0.407 e.